The van der Waals surface area contributed by atoms with Crippen molar-refractivity contribution in [2.75, 3.05) is 25.1 Å². The van der Waals surface area contributed by atoms with E-state index in [2.05, 4.69) is 29.2 Å². The van der Waals surface area contributed by atoms with Crippen molar-refractivity contribution in [2.45, 2.75) is 18.2 Å². The standard InChI is InChI=1S/C28H25N3O3S2/c1-3-34-27(33)20-13-15-21(16-14-20)29-28-31(18-17-19-9-5-4-6-10-19)25(32)24(36-28)26-30(2)22-11-7-8-12-23(22)35-26/h4-16H,3,17-18H2,1-2H3/b26-24-,29-28?. The number of carbonyl (C=O) groups is 2. The maximum absolute atomic E-state index is 13.7. The fourth-order valence-corrected chi connectivity index (χ4v) is 6.37. The molecule has 36 heavy (non-hydrogen) atoms. The van der Waals surface area contributed by atoms with Crippen molar-refractivity contribution < 1.29 is 14.3 Å². The number of amides is 1. The first-order valence-corrected chi connectivity index (χ1v) is 13.3. The number of hydrogen-bond donors (Lipinski definition) is 0. The molecule has 2 aliphatic rings. The third-order valence-electron chi connectivity index (χ3n) is 5.87. The van der Waals surface area contributed by atoms with Crippen LogP contribution < -0.4 is 4.90 Å². The average molecular weight is 516 g/mol. The van der Waals surface area contributed by atoms with E-state index in [1.165, 1.54) is 11.8 Å². The normalized spacial score (nSPS) is 18.2. The van der Waals surface area contributed by atoms with Gasteiger partial charge in [-0.3, -0.25) is 9.69 Å². The van der Waals surface area contributed by atoms with Gasteiger partial charge in [0.15, 0.2) is 5.17 Å². The predicted molar refractivity (Wildman–Crippen MR) is 147 cm³/mol. The number of rotatable bonds is 6. The van der Waals surface area contributed by atoms with Crippen molar-refractivity contribution in [3.8, 4) is 0 Å². The molecule has 0 saturated carbocycles. The van der Waals surface area contributed by atoms with Crippen molar-refractivity contribution in [1.29, 1.82) is 0 Å². The topological polar surface area (TPSA) is 62.2 Å². The fraction of sp³-hybridized carbons (Fsp3) is 0.179. The first-order chi connectivity index (χ1) is 17.5. The highest BCUT2D eigenvalue weighted by atomic mass is 32.2. The summed E-state index contributed by atoms with van der Waals surface area (Å²) in [7, 11) is 1.99. The molecule has 2 heterocycles. The molecule has 182 valence electrons. The number of benzene rings is 3. The lowest BCUT2D eigenvalue weighted by Gasteiger charge is -2.16. The van der Waals surface area contributed by atoms with Gasteiger partial charge in [0, 0.05) is 18.5 Å². The van der Waals surface area contributed by atoms with Crippen LogP contribution in [0.3, 0.4) is 0 Å². The van der Waals surface area contributed by atoms with E-state index >= 15 is 0 Å². The Morgan fingerprint density at radius 2 is 1.67 bits per heavy atom. The minimum Gasteiger partial charge on any atom is -0.462 e. The lowest BCUT2D eigenvalue weighted by Crippen LogP contribution is -2.31. The van der Waals surface area contributed by atoms with Gasteiger partial charge in [-0.05, 0) is 67.1 Å². The van der Waals surface area contributed by atoms with E-state index in [1.807, 2.05) is 37.4 Å². The Morgan fingerprint density at radius 1 is 0.944 bits per heavy atom. The van der Waals surface area contributed by atoms with E-state index in [9.17, 15) is 9.59 Å². The summed E-state index contributed by atoms with van der Waals surface area (Å²) in [6.45, 7) is 2.63. The Labute approximate surface area is 219 Å². The molecular weight excluding hydrogens is 490 g/mol. The van der Waals surface area contributed by atoms with E-state index in [4.69, 9.17) is 9.73 Å². The molecule has 3 aromatic carbocycles. The van der Waals surface area contributed by atoms with Crippen LogP contribution >= 0.6 is 23.5 Å². The molecule has 0 unspecified atom stereocenters. The first kappa shape index (κ1) is 24.2. The Morgan fingerprint density at radius 3 is 2.39 bits per heavy atom. The number of hydrogen-bond acceptors (Lipinski definition) is 7. The second-order valence-electron chi connectivity index (χ2n) is 8.22. The van der Waals surface area contributed by atoms with E-state index in [-0.39, 0.29) is 11.9 Å². The van der Waals surface area contributed by atoms with Crippen LogP contribution in [0.5, 0.6) is 0 Å². The molecule has 2 aliphatic heterocycles. The maximum atomic E-state index is 13.7. The van der Waals surface area contributed by atoms with E-state index < -0.39 is 0 Å². The predicted octanol–water partition coefficient (Wildman–Crippen LogP) is 6.08. The molecular formula is C28H25N3O3S2. The molecule has 0 aromatic heterocycles. The second-order valence-corrected chi connectivity index (χ2v) is 10.2. The highest BCUT2D eigenvalue weighted by molar-refractivity contribution is 8.19. The number of para-hydroxylation sites is 1. The van der Waals surface area contributed by atoms with Gasteiger partial charge >= 0.3 is 5.97 Å². The molecule has 6 nitrogen and oxygen atoms in total. The van der Waals surface area contributed by atoms with Crippen LogP contribution in [0.4, 0.5) is 11.4 Å². The van der Waals surface area contributed by atoms with Crippen LogP contribution in [0.2, 0.25) is 0 Å². The number of amidine groups is 1. The highest BCUT2D eigenvalue weighted by Crippen LogP contribution is 2.50. The number of carbonyl (C=O) groups excluding carboxylic acids is 2. The average Bonchev–Trinajstić information content (AvgIpc) is 3.39. The Bertz CT molecular complexity index is 1350. The summed E-state index contributed by atoms with van der Waals surface area (Å²) in [6, 6.07) is 25.2. The fourth-order valence-electron chi connectivity index (χ4n) is 4.00. The van der Waals surface area contributed by atoms with Crippen LogP contribution in [0.15, 0.2) is 98.7 Å². The Kier molecular flexibility index (Phi) is 7.16. The van der Waals surface area contributed by atoms with Crippen molar-refractivity contribution >= 4 is 51.9 Å². The van der Waals surface area contributed by atoms with Gasteiger partial charge in [-0.2, -0.15) is 0 Å². The van der Waals surface area contributed by atoms with E-state index in [0.717, 1.165) is 27.6 Å². The quantitative estimate of drug-likeness (QED) is 0.293. The van der Waals surface area contributed by atoms with E-state index in [1.54, 1.807) is 47.9 Å². The van der Waals surface area contributed by atoms with Gasteiger partial charge in [-0.1, -0.05) is 54.2 Å². The molecule has 1 saturated heterocycles. The SMILES string of the molecule is CCOC(=O)c1ccc(N=C2S/C(=C3\Sc4ccccc4N3C)C(=O)N2CCc2ccccc2)cc1. The molecule has 0 spiro atoms. The zero-order valence-electron chi connectivity index (χ0n) is 20.0. The largest absolute Gasteiger partial charge is 0.462 e. The lowest BCUT2D eigenvalue weighted by molar-refractivity contribution is -0.122. The van der Waals surface area contributed by atoms with Gasteiger partial charge in [-0.25, -0.2) is 9.79 Å². The third-order valence-corrected chi connectivity index (χ3v) is 8.30. The molecule has 0 N–H and O–H groups in total. The highest BCUT2D eigenvalue weighted by Gasteiger charge is 2.38. The zero-order valence-corrected chi connectivity index (χ0v) is 21.6. The summed E-state index contributed by atoms with van der Waals surface area (Å²) in [5, 5.41) is 1.55. The number of fused-ring (bicyclic) bond motifs is 1. The zero-order chi connectivity index (χ0) is 25.1. The van der Waals surface area contributed by atoms with Gasteiger partial charge in [-0.15, -0.1) is 0 Å². The molecule has 0 aliphatic carbocycles. The molecule has 1 amide bonds. The van der Waals surface area contributed by atoms with Crippen molar-refractivity contribution in [1.82, 2.24) is 4.90 Å². The second kappa shape index (κ2) is 10.6. The van der Waals surface area contributed by atoms with Crippen LogP contribution in [-0.2, 0) is 16.0 Å². The van der Waals surface area contributed by atoms with Crippen molar-refractivity contribution in [3.63, 3.8) is 0 Å². The number of aliphatic imine (C=N–C) groups is 1. The van der Waals surface area contributed by atoms with Gasteiger partial charge in [0.1, 0.15) is 4.91 Å². The lowest BCUT2D eigenvalue weighted by atomic mass is 10.1. The summed E-state index contributed by atoms with van der Waals surface area (Å²) in [6.07, 6.45) is 0.722. The summed E-state index contributed by atoms with van der Waals surface area (Å²) in [5.41, 5.74) is 3.40. The number of thioether (sulfide) groups is 2. The van der Waals surface area contributed by atoms with Gasteiger partial charge in [0.05, 0.1) is 28.6 Å². The van der Waals surface area contributed by atoms with Gasteiger partial charge < -0.3 is 9.64 Å². The summed E-state index contributed by atoms with van der Waals surface area (Å²) < 4.78 is 5.07. The van der Waals surface area contributed by atoms with E-state index in [0.29, 0.717) is 34.5 Å². The number of nitrogens with zero attached hydrogens (tertiary/aromatic N) is 3. The van der Waals surface area contributed by atoms with Gasteiger partial charge in [0.2, 0.25) is 0 Å². The van der Waals surface area contributed by atoms with Crippen LogP contribution in [-0.4, -0.2) is 42.1 Å². The summed E-state index contributed by atoms with van der Waals surface area (Å²) in [5.74, 6) is -0.403. The first-order valence-electron chi connectivity index (χ1n) is 11.7. The molecule has 0 atom stereocenters. The molecule has 5 rings (SSSR count). The minimum absolute atomic E-state index is 0.0417. The molecule has 8 heteroatoms. The van der Waals surface area contributed by atoms with Crippen LogP contribution in [0, 0.1) is 0 Å². The van der Waals surface area contributed by atoms with Crippen LogP contribution in [0.25, 0.3) is 0 Å². The van der Waals surface area contributed by atoms with Crippen LogP contribution in [0.1, 0.15) is 22.8 Å². The molecule has 0 radical (unpaired) electrons. The van der Waals surface area contributed by atoms with Gasteiger partial charge in [0.25, 0.3) is 5.91 Å². The maximum Gasteiger partial charge on any atom is 0.338 e. The summed E-state index contributed by atoms with van der Waals surface area (Å²) in [4.78, 5) is 36.2. The Hall–Kier alpha value is -3.49. The number of ether oxygens (including phenoxy) is 1. The number of anilines is 1. The summed E-state index contributed by atoms with van der Waals surface area (Å²) >= 11 is 3.01. The molecule has 3 aromatic rings. The molecule has 0 bridgehead atoms. The number of esters is 1. The van der Waals surface area contributed by atoms with Crippen molar-refractivity contribution in [3.05, 3.63) is 99.9 Å². The van der Waals surface area contributed by atoms with Crippen molar-refractivity contribution in [2.24, 2.45) is 4.99 Å². The third kappa shape index (κ3) is 4.92. The monoisotopic (exact) mass is 515 g/mol. The minimum atomic E-state index is -0.362. The smallest absolute Gasteiger partial charge is 0.338 e. The Balaban J connectivity index is 1.46. The molecule has 1 fully saturated rings.